The van der Waals surface area contributed by atoms with Gasteiger partial charge in [-0.3, -0.25) is 4.72 Å². The Kier molecular flexibility index (Phi) is 6.63. The molecule has 140 valence electrons. The molecule has 2 aromatic carbocycles. The summed E-state index contributed by atoms with van der Waals surface area (Å²) < 4.78 is 31.5. The molecular weight excluding hydrogens is 348 g/mol. The van der Waals surface area contributed by atoms with Crippen molar-refractivity contribution in [2.45, 2.75) is 27.7 Å². The smallest absolute Gasteiger partial charge is 0.342 e. The second-order valence-electron chi connectivity index (χ2n) is 6.02. The van der Waals surface area contributed by atoms with Crippen LogP contribution in [0.5, 0.6) is 0 Å². The minimum Gasteiger partial charge on any atom is -0.342 e. The summed E-state index contributed by atoms with van der Waals surface area (Å²) in [4.78, 5) is 1.86. The van der Waals surface area contributed by atoms with Gasteiger partial charge in [0.25, 0.3) is 0 Å². The molecule has 6 nitrogen and oxygen atoms in total. The molecule has 2 aromatic rings. The first-order valence-corrected chi connectivity index (χ1v) is 10.0. The highest BCUT2D eigenvalue weighted by molar-refractivity contribution is 7.91. The van der Waals surface area contributed by atoms with E-state index in [0.717, 1.165) is 16.8 Å². The fraction of sp³-hybridized carbons (Fsp3) is 0.316. The van der Waals surface area contributed by atoms with Crippen LogP contribution in [-0.4, -0.2) is 32.4 Å². The highest BCUT2D eigenvalue weighted by Crippen LogP contribution is 2.13. The summed E-state index contributed by atoms with van der Waals surface area (Å²) in [6, 6.07) is 14.8. The zero-order valence-corrected chi connectivity index (χ0v) is 16.5. The van der Waals surface area contributed by atoms with Gasteiger partial charge in [-0.1, -0.05) is 35.4 Å². The lowest BCUT2D eigenvalue weighted by Crippen LogP contribution is -2.37. The quantitative estimate of drug-likeness (QED) is 0.596. The maximum atomic E-state index is 12.5. The van der Waals surface area contributed by atoms with Gasteiger partial charge in [0.15, 0.2) is 0 Å². The number of hydrogen-bond acceptors (Lipinski definition) is 2. The Morgan fingerprint density at radius 1 is 0.885 bits per heavy atom. The zero-order chi connectivity index (χ0) is 19.2. The molecule has 2 rings (SSSR count). The Morgan fingerprint density at radius 2 is 1.35 bits per heavy atom. The number of nitrogens with zero attached hydrogens (tertiary/aromatic N) is 2. The van der Waals surface area contributed by atoms with Crippen LogP contribution in [0.15, 0.2) is 52.9 Å². The van der Waals surface area contributed by atoms with E-state index in [1.165, 1.54) is 0 Å². The molecule has 0 heterocycles. The van der Waals surface area contributed by atoms with Crippen molar-refractivity contribution in [1.29, 1.82) is 0 Å². The lowest BCUT2D eigenvalue weighted by Gasteiger charge is -2.23. The Labute approximate surface area is 156 Å². The van der Waals surface area contributed by atoms with Crippen molar-refractivity contribution in [3.05, 3.63) is 59.7 Å². The number of rotatable bonds is 6. The van der Waals surface area contributed by atoms with Crippen molar-refractivity contribution in [1.82, 2.24) is 4.90 Å². The molecule has 2 N–H and O–H groups in total. The number of nitrogens with one attached hydrogen (secondary N) is 2. The minimum absolute atomic E-state index is 0.290. The summed E-state index contributed by atoms with van der Waals surface area (Å²) >= 11 is 0. The predicted molar refractivity (Wildman–Crippen MR) is 109 cm³/mol. The normalized spacial score (nSPS) is 11.9. The third-order valence-corrected chi connectivity index (χ3v) is 4.78. The third-order valence-electron chi connectivity index (χ3n) is 3.88. The van der Waals surface area contributed by atoms with Crippen LogP contribution in [0.2, 0.25) is 0 Å². The Morgan fingerprint density at radius 3 is 1.81 bits per heavy atom. The molecule has 0 aliphatic rings. The van der Waals surface area contributed by atoms with E-state index in [1.807, 2.05) is 69.0 Å². The molecular formula is C19H26N4O2S. The molecule has 0 bridgehead atoms. The first kappa shape index (κ1) is 19.8. The number of benzene rings is 2. The van der Waals surface area contributed by atoms with E-state index in [0.29, 0.717) is 24.7 Å². The van der Waals surface area contributed by atoms with Crippen molar-refractivity contribution in [3.63, 3.8) is 0 Å². The van der Waals surface area contributed by atoms with Crippen LogP contribution in [-0.2, 0) is 10.2 Å². The van der Waals surface area contributed by atoms with E-state index < -0.39 is 10.2 Å². The van der Waals surface area contributed by atoms with Gasteiger partial charge in [0.2, 0.25) is 5.96 Å². The van der Waals surface area contributed by atoms with Gasteiger partial charge in [-0.05, 0) is 52.0 Å². The average Bonchev–Trinajstić information content (AvgIpc) is 2.59. The Balaban J connectivity index is 2.29. The van der Waals surface area contributed by atoms with E-state index in [2.05, 4.69) is 14.4 Å². The number of guanidine groups is 1. The lowest BCUT2D eigenvalue weighted by atomic mass is 10.2. The van der Waals surface area contributed by atoms with E-state index in [1.54, 1.807) is 12.1 Å². The van der Waals surface area contributed by atoms with Crippen molar-refractivity contribution >= 4 is 27.5 Å². The molecule has 0 saturated heterocycles. The highest BCUT2D eigenvalue weighted by Gasteiger charge is 2.15. The fourth-order valence-corrected chi connectivity index (χ4v) is 3.22. The van der Waals surface area contributed by atoms with Crippen LogP contribution in [0.1, 0.15) is 25.0 Å². The summed E-state index contributed by atoms with van der Waals surface area (Å²) in [5, 5.41) is 3.12. The van der Waals surface area contributed by atoms with Crippen molar-refractivity contribution in [3.8, 4) is 0 Å². The summed E-state index contributed by atoms with van der Waals surface area (Å²) in [5.74, 6) is 0.290. The first-order chi connectivity index (χ1) is 12.3. The largest absolute Gasteiger partial charge is 0.345 e. The molecule has 0 fully saturated rings. The molecule has 26 heavy (non-hydrogen) atoms. The molecule has 0 atom stereocenters. The van der Waals surface area contributed by atoms with E-state index in [-0.39, 0.29) is 0 Å². The summed E-state index contributed by atoms with van der Waals surface area (Å²) in [6.07, 6.45) is 0. The molecule has 7 heteroatoms. The van der Waals surface area contributed by atoms with E-state index >= 15 is 0 Å². The van der Waals surface area contributed by atoms with Gasteiger partial charge >= 0.3 is 10.2 Å². The number of aryl methyl sites for hydroxylation is 2. The monoisotopic (exact) mass is 374 g/mol. The molecule has 0 aliphatic carbocycles. The SMILES string of the molecule is CCN(CC)/C(=N/S(=O)(=O)Nc1ccc(C)cc1)Nc1ccc(C)cc1. The van der Waals surface area contributed by atoms with E-state index in [9.17, 15) is 8.42 Å². The lowest BCUT2D eigenvalue weighted by molar-refractivity contribution is 0.465. The van der Waals surface area contributed by atoms with Gasteiger partial charge in [0.05, 0.1) is 5.69 Å². The topological polar surface area (TPSA) is 73.8 Å². The fourth-order valence-electron chi connectivity index (χ4n) is 2.36. The summed E-state index contributed by atoms with van der Waals surface area (Å²) in [7, 11) is -3.91. The highest BCUT2D eigenvalue weighted by atomic mass is 32.2. The molecule has 0 spiro atoms. The van der Waals surface area contributed by atoms with Crippen molar-refractivity contribution in [2.24, 2.45) is 4.40 Å². The average molecular weight is 375 g/mol. The molecule has 0 radical (unpaired) electrons. The predicted octanol–water partition coefficient (Wildman–Crippen LogP) is 3.77. The molecule has 0 amide bonds. The van der Waals surface area contributed by atoms with Crippen LogP contribution in [0.3, 0.4) is 0 Å². The van der Waals surface area contributed by atoms with Crippen LogP contribution in [0, 0.1) is 13.8 Å². The molecule has 0 aliphatic heterocycles. The van der Waals surface area contributed by atoms with Crippen molar-refractivity contribution in [2.75, 3.05) is 23.1 Å². The van der Waals surface area contributed by atoms with E-state index in [4.69, 9.17) is 0 Å². The second-order valence-corrected chi connectivity index (χ2v) is 7.36. The maximum Gasteiger partial charge on any atom is 0.345 e. The Hall–Kier alpha value is -2.54. The van der Waals surface area contributed by atoms with Gasteiger partial charge in [0.1, 0.15) is 0 Å². The third kappa shape index (κ3) is 5.77. The maximum absolute atomic E-state index is 12.5. The van der Waals surface area contributed by atoms with Gasteiger partial charge in [0, 0.05) is 18.8 Å². The summed E-state index contributed by atoms with van der Waals surface area (Å²) in [5.41, 5.74) is 3.45. The second kappa shape index (κ2) is 8.71. The standard InChI is InChI=1S/C19H26N4O2S/c1-5-23(6-2)19(20-17-11-7-15(3)8-12-17)22-26(24,25)21-18-13-9-16(4)10-14-18/h7-14,21H,5-6H2,1-4H3,(H,20,22). The molecule has 0 saturated carbocycles. The van der Waals surface area contributed by atoms with Crippen LogP contribution in [0.25, 0.3) is 0 Å². The van der Waals surface area contributed by atoms with Crippen molar-refractivity contribution < 1.29 is 8.42 Å². The Bertz CT molecular complexity index is 840. The summed E-state index contributed by atoms with van der Waals surface area (Å²) in [6.45, 7) is 9.12. The molecule has 0 unspecified atom stereocenters. The van der Waals surface area contributed by atoms with Gasteiger partial charge in [-0.2, -0.15) is 8.42 Å². The van der Waals surface area contributed by atoms with Crippen LogP contribution < -0.4 is 10.0 Å². The number of anilines is 2. The zero-order valence-electron chi connectivity index (χ0n) is 15.7. The van der Waals surface area contributed by atoms with Gasteiger partial charge in [-0.15, -0.1) is 4.40 Å². The number of hydrogen-bond donors (Lipinski definition) is 2. The van der Waals surface area contributed by atoms with Gasteiger partial charge in [-0.25, -0.2) is 0 Å². The first-order valence-electron chi connectivity index (χ1n) is 8.61. The minimum atomic E-state index is -3.91. The van der Waals surface area contributed by atoms with Gasteiger partial charge < -0.3 is 10.2 Å². The van der Waals surface area contributed by atoms with Crippen LogP contribution >= 0.6 is 0 Å². The molecule has 0 aromatic heterocycles. The van der Waals surface area contributed by atoms with Crippen LogP contribution in [0.4, 0.5) is 11.4 Å².